The lowest BCUT2D eigenvalue weighted by molar-refractivity contribution is -0.134. The maximum Gasteiger partial charge on any atom is 0.254 e. The summed E-state index contributed by atoms with van der Waals surface area (Å²) in [5.41, 5.74) is 4.05. The molecule has 2 aromatic carbocycles. The van der Waals surface area contributed by atoms with Gasteiger partial charge in [-0.1, -0.05) is 62.1 Å². The van der Waals surface area contributed by atoms with Crippen LogP contribution in [0.4, 0.5) is 0 Å². The zero-order valence-electron chi connectivity index (χ0n) is 23.0. The summed E-state index contributed by atoms with van der Waals surface area (Å²) in [5.74, 6) is -0.168. The molecule has 208 valence electrons. The number of carbonyl (C=O) groups is 2. The summed E-state index contributed by atoms with van der Waals surface area (Å²) in [5, 5.41) is 2.76. The van der Waals surface area contributed by atoms with Crippen LogP contribution in [0.25, 0.3) is 0 Å². The molecule has 0 saturated carbocycles. The number of thiophene rings is 1. The van der Waals surface area contributed by atoms with Crippen molar-refractivity contribution in [2.24, 2.45) is 0 Å². The monoisotopic (exact) mass is 566 g/mol. The van der Waals surface area contributed by atoms with Gasteiger partial charge in [0, 0.05) is 42.3 Å². The zero-order chi connectivity index (χ0) is 27.6. The predicted octanol–water partition coefficient (Wildman–Crippen LogP) is 7.18. The lowest BCUT2D eigenvalue weighted by Gasteiger charge is -2.37. The van der Waals surface area contributed by atoms with Crippen LogP contribution in [0, 0.1) is 0 Å². The van der Waals surface area contributed by atoms with Gasteiger partial charge in [-0.25, -0.2) is 0 Å². The lowest BCUT2D eigenvalue weighted by atomic mass is 9.93. The van der Waals surface area contributed by atoms with Gasteiger partial charge in [0.15, 0.2) is 0 Å². The summed E-state index contributed by atoms with van der Waals surface area (Å²) in [4.78, 5) is 32.4. The minimum Gasteiger partial charge on any atom is -0.385 e. The normalized spacial score (nSPS) is 14.7. The molecule has 1 aliphatic heterocycles. The van der Waals surface area contributed by atoms with Crippen LogP contribution in [0.15, 0.2) is 60.0 Å². The van der Waals surface area contributed by atoms with Crippen LogP contribution in [0.1, 0.15) is 77.0 Å². The Bertz CT molecular complexity index is 1210. The van der Waals surface area contributed by atoms with Gasteiger partial charge in [-0.3, -0.25) is 9.59 Å². The van der Waals surface area contributed by atoms with Crippen LogP contribution >= 0.6 is 22.9 Å². The number of aryl methyl sites for hydroxylation is 1. The van der Waals surface area contributed by atoms with Gasteiger partial charge >= 0.3 is 0 Å². The first kappa shape index (κ1) is 29.3. The number of unbranched alkanes of at least 4 members (excludes halogenated alkanes) is 3. The molecule has 2 amide bonds. The summed E-state index contributed by atoms with van der Waals surface area (Å²) in [6.45, 7) is 3.85. The molecule has 0 saturated heterocycles. The van der Waals surface area contributed by atoms with Crippen LogP contribution < -0.4 is 0 Å². The maximum atomic E-state index is 13.9. The number of hydrogen-bond acceptors (Lipinski definition) is 4. The summed E-state index contributed by atoms with van der Waals surface area (Å²) in [7, 11) is 1.65. The SMILES string of the molecule is CCCCCCc1ccc(C(=O)N(CCCOC)CC(=O)N2CCc3sccc3C2c2ccc(Cl)cc2)cc1. The van der Waals surface area contributed by atoms with Gasteiger partial charge in [0.25, 0.3) is 5.91 Å². The van der Waals surface area contributed by atoms with E-state index in [4.69, 9.17) is 16.3 Å². The van der Waals surface area contributed by atoms with E-state index in [9.17, 15) is 9.59 Å². The molecular weight excluding hydrogens is 528 g/mol. The third kappa shape index (κ3) is 7.71. The van der Waals surface area contributed by atoms with E-state index >= 15 is 0 Å². The molecule has 1 atom stereocenters. The largest absolute Gasteiger partial charge is 0.385 e. The van der Waals surface area contributed by atoms with E-state index in [0.717, 1.165) is 30.4 Å². The molecule has 7 heteroatoms. The molecule has 0 spiro atoms. The van der Waals surface area contributed by atoms with Crippen LogP contribution in [-0.4, -0.2) is 55.0 Å². The van der Waals surface area contributed by atoms with Crippen molar-refractivity contribution < 1.29 is 14.3 Å². The average Bonchev–Trinajstić information content (AvgIpc) is 3.44. The number of rotatable bonds is 13. The smallest absolute Gasteiger partial charge is 0.254 e. The fourth-order valence-electron chi connectivity index (χ4n) is 5.25. The number of nitrogens with zero attached hydrogens (tertiary/aromatic N) is 2. The van der Waals surface area contributed by atoms with E-state index in [1.54, 1.807) is 23.3 Å². The molecule has 1 aromatic heterocycles. The Morgan fingerprint density at radius 1 is 1.03 bits per heavy atom. The molecule has 0 radical (unpaired) electrons. The molecule has 1 unspecified atom stereocenters. The minimum absolute atomic E-state index is 0.0326. The number of fused-ring (bicyclic) bond motifs is 1. The maximum absolute atomic E-state index is 13.9. The Hall–Kier alpha value is -2.67. The summed E-state index contributed by atoms with van der Waals surface area (Å²) in [6.07, 6.45) is 7.38. The minimum atomic E-state index is -0.187. The molecule has 2 heterocycles. The summed E-state index contributed by atoms with van der Waals surface area (Å²) in [6, 6.07) is 17.6. The van der Waals surface area contributed by atoms with Crippen molar-refractivity contribution in [1.82, 2.24) is 9.80 Å². The fraction of sp³-hybridized carbons (Fsp3) is 0.438. The van der Waals surface area contributed by atoms with E-state index in [0.29, 0.717) is 36.7 Å². The topological polar surface area (TPSA) is 49.9 Å². The third-order valence-corrected chi connectivity index (χ3v) is 8.63. The molecule has 4 rings (SSSR count). The third-order valence-electron chi connectivity index (χ3n) is 7.38. The van der Waals surface area contributed by atoms with Crippen molar-refractivity contribution in [2.75, 3.05) is 33.4 Å². The van der Waals surface area contributed by atoms with Crippen LogP contribution in [0.2, 0.25) is 5.02 Å². The Morgan fingerprint density at radius 3 is 2.51 bits per heavy atom. The van der Waals surface area contributed by atoms with E-state index < -0.39 is 0 Å². The van der Waals surface area contributed by atoms with Crippen molar-refractivity contribution in [3.05, 3.63) is 92.1 Å². The summed E-state index contributed by atoms with van der Waals surface area (Å²) >= 11 is 7.90. The second-order valence-electron chi connectivity index (χ2n) is 10.2. The first-order valence-corrected chi connectivity index (χ1v) is 15.3. The van der Waals surface area contributed by atoms with Gasteiger partial charge in [-0.2, -0.15) is 0 Å². The van der Waals surface area contributed by atoms with Gasteiger partial charge in [0.1, 0.15) is 6.54 Å². The van der Waals surface area contributed by atoms with Gasteiger partial charge in [-0.15, -0.1) is 11.3 Å². The van der Waals surface area contributed by atoms with Crippen LogP contribution in [-0.2, 0) is 22.4 Å². The second-order valence-corrected chi connectivity index (χ2v) is 11.6. The van der Waals surface area contributed by atoms with Gasteiger partial charge < -0.3 is 14.5 Å². The number of amides is 2. The quantitative estimate of drug-likeness (QED) is 0.206. The van der Waals surface area contributed by atoms with Crippen molar-refractivity contribution in [2.45, 2.75) is 57.9 Å². The number of benzene rings is 2. The molecule has 3 aromatic rings. The Kier molecular flexibility index (Phi) is 11.0. The predicted molar refractivity (Wildman–Crippen MR) is 160 cm³/mol. The van der Waals surface area contributed by atoms with Crippen molar-refractivity contribution in [3.63, 3.8) is 0 Å². The first-order valence-electron chi connectivity index (χ1n) is 14.0. The average molecular weight is 567 g/mol. The molecule has 0 aliphatic carbocycles. The van der Waals surface area contributed by atoms with Crippen molar-refractivity contribution in [3.8, 4) is 0 Å². The molecular formula is C32H39ClN2O3S. The van der Waals surface area contributed by atoms with Crippen LogP contribution in [0.5, 0.6) is 0 Å². The lowest BCUT2D eigenvalue weighted by Crippen LogP contribution is -2.47. The van der Waals surface area contributed by atoms with Gasteiger partial charge in [-0.05, 0) is 78.1 Å². The highest BCUT2D eigenvalue weighted by Crippen LogP contribution is 2.38. The molecule has 0 N–H and O–H groups in total. The van der Waals surface area contributed by atoms with Crippen molar-refractivity contribution in [1.29, 1.82) is 0 Å². The fourth-order valence-corrected chi connectivity index (χ4v) is 6.28. The Morgan fingerprint density at radius 2 is 1.79 bits per heavy atom. The van der Waals surface area contributed by atoms with Crippen molar-refractivity contribution >= 4 is 34.8 Å². The highest BCUT2D eigenvalue weighted by molar-refractivity contribution is 7.10. The molecule has 1 aliphatic rings. The van der Waals surface area contributed by atoms with E-state index in [2.05, 4.69) is 18.4 Å². The zero-order valence-corrected chi connectivity index (χ0v) is 24.6. The van der Waals surface area contributed by atoms with E-state index in [-0.39, 0.29) is 24.4 Å². The standard InChI is InChI=1S/C32H39ClN2O3S/c1-3-4-5-6-8-24-9-11-26(12-10-24)32(37)34(19-7-21-38-2)23-30(36)35-20-17-29-28(18-22-39-29)31(35)25-13-15-27(33)16-14-25/h9-16,18,22,31H,3-8,17,19-21,23H2,1-2H3. The Balaban J connectivity index is 1.51. The number of hydrogen-bond donors (Lipinski definition) is 0. The highest BCUT2D eigenvalue weighted by atomic mass is 35.5. The highest BCUT2D eigenvalue weighted by Gasteiger charge is 2.34. The van der Waals surface area contributed by atoms with E-state index in [1.165, 1.54) is 29.7 Å². The van der Waals surface area contributed by atoms with Crippen LogP contribution in [0.3, 0.4) is 0 Å². The number of halogens is 1. The number of carbonyl (C=O) groups excluding carboxylic acids is 2. The van der Waals surface area contributed by atoms with Gasteiger partial charge in [0.2, 0.25) is 5.91 Å². The van der Waals surface area contributed by atoms with E-state index in [1.807, 2.05) is 53.4 Å². The first-order chi connectivity index (χ1) is 19.0. The number of methoxy groups -OCH3 is 1. The van der Waals surface area contributed by atoms with Gasteiger partial charge in [0.05, 0.1) is 6.04 Å². The molecule has 0 bridgehead atoms. The number of ether oxygens (including phenoxy) is 1. The molecule has 0 fully saturated rings. The molecule has 5 nitrogen and oxygen atoms in total. The summed E-state index contributed by atoms with van der Waals surface area (Å²) < 4.78 is 5.24. The molecule has 39 heavy (non-hydrogen) atoms. The second kappa shape index (κ2) is 14.6. The Labute approximate surface area is 241 Å².